The Kier molecular flexibility index (Phi) is 4.24. The van der Waals surface area contributed by atoms with E-state index in [0.717, 1.165) is 17.0 Å². The molecule has 7 heteroatoms. The second kappa shape index (κ2) is 6.91. The highest BCUT2D eigenvalue weighted by molar-refractivity contribution is 7.12. The Morgan fingerprint density at radius 2 is 1.71 bits per heavy atom. The predicted octanol–water partition coefficient (Wildman–Crippen LogP) is 2.80. The minimum atomic E-state index is -0.0347. The highest BCUT2D eigenvalue weighted by Crippen LogP contribution is 2.22. The van der Waals surface area contributed by atoms with Crippen molar-refractivity contribution in [3.05, 3.63) is 75.2 Å². The Hall–Kier alpha value is -2.93. The number of rotatable bonds is 2. The quantitative estimate of drug-likeness (QED) is 0.674. The van der Waals surface area contributed by atoms with Gasteiger partial charge in [0.2, 0.25) is 0 Å². The molecule has 0 unspecified atom stereocenters. The molecule has 2 aliphatic rings. The number of amides is 2. The van der Waals surface area contributed by atoms with Crippen molar-refractivity contribution in [1.82, 2.24) is 19.6 Å². The molecule has 0 saturated carbocycles. The van der Waals surface area contributed by atoms with Crippen LogP contribution in [-0.2, 0) is 26.1 Å². The van der Waals surface area contributed by atoms with E-state index < -0.39 is 0 Å². The molecule has 0 spiro atoms. The fraction of sp³-hybridized carbons (Fsp3) is 0.286. The van der Waals surface area contributed by atoms with Gasteiger partial charge in [-0.2, -0.15) is 5.10 Å². The van der Waals surface area contributed by atoms with Crippen molar-refractivity contribution in [2.24, 2.45) is 0 Å². The fourth-order valence-electron chi connectivity index (χ4n) is 3.93. The molecule has 28 heavy (non-hydrogen) atoms. The maximum absolute atomic E-state index is 13.0. The van der Waals surface area contributed by atoms with E-state index in [1.165, 1.54) is 22.5 Å². The molecule has 142 valence electrons. The number of thiophene rings is 1. The van der Waals surface area contributed by atoms with Gasteiger partial charge in [-0.25, -0.2) is 0 Å². The van der Waals surface area contributed by atoms with E-state index in [1.54, 1.807) is 0 Å². The average Bonchev–Trinajstić information content (AvgIpc) is 3.41. The van der Waals surface area contributed by atoms with Gasteiger partial charge in [-0.05, 0) is 35.1 Å². The Balaban J connectivity index is 1.32. The molecule has 0 bridgehead atoms. The van der Waals surface area contributed by atoms with Crippen molar-refractivity contribution in [2.75, 3.05) is 13.1 Å². The molecule has 4 heterocycles. The van der Waals surface area contributed by atoms with E-state index in [2.05, 4.69) is 17.2 Å². The lowest BCUT2D eigenvalue weighted by atomic mass is 10.00. The van der Waals surface area contributed by atoms with Crippen LogP contribution in [-0.4, -0.2) is 44.5 Å². The van der Waals surface area contributed by atoms with Crippen LogP contribution in [0.1, 0.15) is 37.0 Å². The number of carbonyl (C=O) groups is 2. The SMILES string of the molecule is O=C(c1cc2n(n1)CCN(C(=O)c1cccs1)C2)N1CCc2ccccc2C1. The lowest BCUT2D eigenvalue weighted by Gasteiger charge is -2.28. The van der Waals surface area contributed by atoms with Gasteiger partial charge in [0.25, 0.3) is 11.8 Å². The van der Waals surface area contributed by atoms with Crippen LogP contribution in [0.3, 0.4) is 0 Å². The van der Waals surface area contributed by atoms with E-state index in [-0.39, 0.29) is 11.8 Å². The van der Waals surface area contributed by atoms with Crippen LogP contribution < -0.4 is 0 Å². The summed E-state index contributed by atoms with van der Waals surface area (Å²) in [7, 11) is 0. The minimum Gasteiger partial charge on any atom is -0.333 e. The van der Waals surface area contributed by atoms with Gasteiger partial charge in [-0.15, -0.1) is 11.3 Å². The van der Waals surface area contributed by atoms with Crippen LogP contribution in [0.15, 0.2) is 47.8 Å². The molecular weight excluding hydrogens is 372 g/mol. The van der Waals surface area contributed by atoms with Gasteiger partial charge in [-0.3, -0.25) is 14.3 Å². The van der Waals surface area contributed by atoms with E-state index in [4.69, 9.17) is 0 Å². The zero-order chi connectivity index (χ0) is 19.1. The molecule has 5 rings (SSSR count). The van der Waals surface area contributed by atoms with Crippen molar-refractivity contribution in [3.8, 4) is 0 Å². The number of fused-ring (bicyclic) bond motifs is 2. The zero-order valence-electron chi connectivity index (χ0n) is 15.4. The summed E-state index contributed by atoms with van der Waals surface area (Å²) in [5.41, 5.74) is 3.91. The molecule has 2 amide bonds. The maximum Gasteiger partial charge on any atom is 0.274 e. The first kappa shape index (κ1) is 17.2. The van der Waals surface area contributed by atoms with Crippen molar-refractivity contribution in [2.45, 2.75) is 26.1 Å². The van der Waals surface area contributed by atoms with Crippen molar-refractivity contribution < 1.29 is 9.59 Å². The van der Waals surface area contributed by atoms with Crippen LogP contribution >= 0.6 is 11.3 Å². The second-order valence-electron chi connectivity index (χ2n) is 7.19. The first-order valence-corrected chi connectivity index (χ1v) is 10.3. The summed E-state index contributed by atoms with van der Waals surface area (Å²) in [6, 6.07) is 13.9. The number of aromatic nitrogens is 2. The first-order valence-electron chi connectivity index (χ1n) is 9.44. The summed E-state index contributed by atoms with van der Waals surface area (Å²) in [5, 5.41) is 6.44. The molecule has 1 aromatic carbocycles. The number of benzene rings is 1. The van der Waals surface area contributed by atoms with Gasteiger partial charge in [0, 0.05) is 19.6 Å². The van der Waals surface area contributed by atoms with Gasteiger partial charge < -0.3 is 9.80 Å². The summed E-state index contributed by atoms with van der Waals surface area (Å²) >= 11 is 1.45. The lowest BCUT2D eigenvalue weighted by molar-refractivity contribution is 0.0703. The monoisotopic (exact) mass is 392 g/mol. The highest BCUT2D eigenvalue weighted by atomic mass is 32.1. The number of hydrogen-bond donors (Lipinski definition) is 0. The molecule has 0 aliphatic carbocycles. The summed E-state index contributed by atoms with van der Waals surface area (Å²) < 4.78 is 1.86. The van der Waals surface area contributed by atoms with Gasteiger partial charge in [0.05, 0.1) is 23.7 Å². The largest absolute Gasteiger partial charge is 0.333 e. The van der Waals surface area contributed by atoms with E-state index in [1.807, 2.05) is 50.2 Å². The number of nitrogens with zero attached hydrogens (tertiary/aromatic N) is 4. The normalized spacial score (nSPS) is 15.9. The molecule has 0 N–H and O–H groups in total. The Bertz CT molecular complexity index is 1040. The highest BCUT2D eigenvalue weighted by Gasteiger charge is 2.28. The molecule has 2 aromatic heterocycles. The standard InChI is InChI=1S/C21H20N4O2S/c26-20(23-8-7-15-4-1-2-5-16(15)13-23)18-12-17-14-24(9-10-25(17)22-18)21(27)19-6-3-11-28-19/h1-6,11-12H,7-10,13-14H2. The number of carbonyl (C=O) groups excluding carboxylic acids is 2. The molecule has 0 fully saturated rings. The Morgan fingerprint density at radius 1 is 0.893 bits per heavy atom. The van der Waals surface area contributed by atoms with Crippen molar-refractivity contribution >= 4 is 23.2 Å². The summed E-state index contributed by atoms with van der Waals surface area (Å²) in [6.07, 6.45) is 0.874. The smallest absolute Gasteiger partial charge is 0.274 e. The van der Waals surface area contributed by atoms with Gasteiger partial charge in [0.1, 0.15) is 0 Å². The van der Waals surface area contributed by atoms with Gasteiger partial charge >= 0.3 is 0 Å². The van der Waals surface area contributed by atoms with Crippen molar-refractivity contribution in [3.63, 3.8) is 0 Å². The Labute approximate surface area is 167 Å². The maximum atomic E-state index is 13.0. The van der Waals surface area contributed by atoms with Gasteiger partial charge in [-0.1, -0.05) is 30.3 Å². The lowest BCUT2D eigenvalue weighted by Crippen LogP contribution is -2.38. The summed E-state index contributed by atoms with van der Waals surface area (Å²) in [4.78, 5) is 30.0. The summed E-state index contributed by atoms with van der Waals surface area (Å²) in [6.45, 7) is 3.04. The van der Waals surface area contributed by atoms with Gasteiger partial charge in [0.15, 0.2) is 5.69 Å². The molecular formula is C21H20N4O2S. The second-order valence-corrected chi connectivity index (χ2v) is 8.14. The minimum absolute atomic E-state index is 0.0347. The molecule has 0 radical (unpaired) electrons. The molecule has 2 aliphatic heterocycles. The van der Waals surface area contributed by atoms with Crippen LogP contribution in [0, 0.1) is 0 Å². The van der Waals surface area contributed by atoms with Crippen LogP contribution in [0.4, 0.5) is 0 Å². The van der Waals surface area contributed by atoms with E-state index >= 15 is 0 Å². The van der Waals surface area contributed by atoms with Crippen LogP contribution in [0.2, 0.25) is 0 Å². The molecule has 0 atom stereocenters. The first-order chi connectivity index (χ1) is 13.7. The zero-order valence-corrected chi connectivity index (χ0v) is 16.2. The number of hydrogen-bond acceptors (Lipinski definition) is 4. The van der Waals surface area contributed by atoms with E-state index in [9.17, 15) is 9.59 Å². The van der Waals surface area contributed by atoms with Crippen molar-refractivity contribution in [1.29, 1.82) is 0 Å². The third-order valence-electron chi connectivity index (χ3n) is 5.45. The summed E-state index contributed by atoms with van der Waals surface area (Å²) in [5.74, 6) is 0.00972. The predicted molar refractivity (Wildman–Crippen MR) is 106 cm³/mol. The Morgan fingerprint density at radius 3 is 2.54 bits per heavy atom. The fourth-order valence-corrected chi connectivity index (χ4v) is 4.62. The molecule has 6 nitrogen and oxygen atoms in total. The van der Waals surface area contributed by atoms with Crippen LogP contribution in [0.5, 0.6) is 0 Å². The van der Waals surface area contributed by atoms with Crippen LogP contribution in [0.25, 0.3) is 0 Å². The topological polar surface area (TPSA) is 58.4 Å². The average molecular weight is 392 g/mol. The van der Waals surface area contributed by atoms with E-state index in [0.29, 0.717) is 38.4 Å². The molecule has 0 saturated heterocycles. The molecule has 3 aromatic rings. The third kappa shape index (κ3) is 3.01. The third-order valence-corrected chi connectivity index (χ3v) is 6.31.